The minimum atomic E-state index is -0.471. The van der Waals surface area contributed by atoms with Gasteiger partial charge in [-0.05, 0) is 48.5 Å². The van der Waals surface area contributed by atoms with E-state index in [2.05, 4.69) is 16.2 Å². The molecule has 3 N–H and O–H groups in total. The van der Waals surface area contributed by atoms with Gasteiger partial charge in [-0.15, -0.1) is 0 Å². The smallest absolute Gasteiger partial charge is 0.269 e. The molecular formula is C20H23N3O5. The Hall–Kier alpha value is -3.39. The van der Waals surface area contributed by atoms with Crippen LogP contribution in [-0.4, -0.2) is 38.0 Å². The zero-order valence-electron chi connectivity index (χ0n) is 15.8. The van der Waals surface area contributed by atoms with E-state index in [1.54, 1.807) is 62.6 Å². The quantitative estimate of drug-likeness (QED) is 0.477. The second kappa shape index (κ2) is 10.7. The molecule has 2 rings (SSSR count). The van der Waals surface area contributed by atoms with E-state index in [0.717, 1.165) is 0 Å². The lowest BCUT2D eigenvalue weighted by Crippen LogP contribution is -2.41. The summed E-state index contributed by atoms with van der Waals surface area (Å²) in [6.07, 6.45) is 0.370. The van der Waals surface area contributed by atoms with Crippen molar-refractivity contribution >= 4 is 23.4 Å². The van der Waals surface area contributed by atoms with Crippen LogP contribution in [0.4, 0.5) is 5.69 Å². The highest BCUT2D eigenvalue weighted by molar-refractivity contribution is 5.99. The zero-order valence-corrected chi connectivity index (χ0v) is 15.8. The Morgan fingerprint density at radius 2 is 1.36 bits per heavy atom. The molecule has 0 aliphatic carbocycles. The fraction of sp³-hybridized carbons (Fsp3) is 0.250. The first-order valence-electron chi connectivity index (χ1n) is 8.76. The first-order valence-corrected chi connectivity index (χ1v) is 8.76. The van der Waals surface area contributed by atoms with Gasteiger partial charge in [-0.2, -0.15) is 0 Å². The van der Waals surface area contributed by atoms with Gasteiger partial charge in [0.1, 0.15) is 12.4 Å². The van der Waals surface area contributed by atoms with E-state index >= 15 is 0 Å². The highest BCUT2D eigenvalue weighted by atomic mass is 16.5. The molecule has 0 aromatic heterocycles. The molecule has 2 aromatic rings. The van der Waals surface area contributed by atoms with Crippen LogP contribution in [0.15, 0.2) is 48.5 Å². The standard InChI is InChI=1S/C20H23N3O5/c1-3-18(24)21-16-8-4-14(5-9-16)19(25)22-23-20(26)15-6-10-17(11-7-15)28-13-12-27-2/h4-11H,3,12-13H2,1-2H3,(H,21,24)(H,22,25)(H,23,26). The summed E-state index contributed by atoms with van der Waals surface area (Å²) in [6.45, 7) is 2.64. The van der Waals surface area contributed by atoms with Crippen molar-refractivity contribution < 1.29 is 23.9 Å². The summed E-state index contributed by atoms with van der Waals surface area (Å²) in [6, 6.07) is 12.9. The number of rotatable bonds is 8. The van der Waals surface area contributed by atoms with Crippen molar-refractivity contribution in [3.05, 3.63) is 59.7 Å². The third-order valence-corrected chi connectivity index (χ3v) is 3.71. The van der Waals surface area contributed by atoms with Gasteiger partial charge in [0.2, 0.25) is 5.91 Å². The summed E-state index contributed by atoms with van der Waals surface area (Å²) in [5.74, 6) is -0.419. The number of hydrazine groups is 1. The van der Waals surface area contributed by atoms with E-state index in [-0.39, 0.29) is 5.91 Å². The van der Waals surface area contributed by atoms with E-state index < -0.39 is 11.8 Å². The Morgan fingerprint density at radius 3 is 1.86 bits per heavy atom. The van der Waals surface area contributed by atoms with Crippen molar-refractivity contribution in [2.75, 3.05) is 25.6 Å². The van der Waals surface area contributed by atoms with Crippen LogP contribution in [0.1, 0.15) is 34.1 Å². The molecule has 0 spiro atoms. The Balaban J connectivity index is 1.84. The second-order valence-electron chi connectivity index (χ2n) is 5.75. The zero-order chi connectivity index (χ0) is 20.4. The van der Waals surface area contributed by atoms with E-state index in [1.807, 2.05) is 0 Å². The van der Waals surface area contributed by atoms with Crippen molar-refractivity contribution in [3.8, 4) is 5.75 Å². The lowest BCUT2D eigenvalue weighted by atomic mass is 10.2. The molecule has 0 radical (unpaired) electrons. The van der Waals surface area contributed by atoms with E-state index in [0.29, 0.717) is 42.2 Å². The van der Waals surface area contributed by atoms with Gasteiger partial charge in [0, 0.05) is 30.3 Å². The molecule has 148 valence electrons. The average Bonchev–Trinajstić information content (AvgIpc) is 2.73. The Morgan fingerprint density at radius 1 is 0.821 bits per heavy atom. The summed E-state index contributed by atoms with van der Waals surface area (Å²) in [7, 11) is 1.59. The molecule has 0 aliphatic rings. The van der Waals surface area contributed by atoms with Gasteiger partial charge >= 0.3 is 0 Å². The fourth-order valence-electron chi connectivity index (χ4n) is 2.16. The summed E-state index contributed by atoms with van der Waals surface area (Å²) >= 11 is 0. The van der Waals surface area contributed by atoms with Crippen molar-refractivity contribution in [1.82, 2.24) is 10.9 Å². The lowest BCUT2D eigenvalue weighted by molar-refractivity contribution is -0.115. The fourth-order valence-corrected chi connectivity index (χ4v) is 2.16. The minimum absolute atomic E-state index is 0.111. The van der Waals surface area contributed by atoms with Gasteiger partial charge in [0.25, 0.3) is 11.8 Å². The lowest BCUT2D eigenvalue weighted by Gasteiger charge is -2.09. The van der Waals surface area contributed by atoms with E-state index in [9.17, 15) is 14.4 Å². The molecule has 0 atom stereocenters. The van der Waals surface area contributed by atoms with Crippen LogP contribution in [0.5, 0.6) is 5.75 Å². The molecular weight excluding hydrogens is 362 g/mol. The van der Waals surface area contributed by atoms with Crippen LogP contribution in [0.2, 0.25) is 0 Å². The van der Waals surface area contributed by atoms with Gasteiger partial charge in [-0.3, -0.25) is 25.2 Å². The molecule has 0 saturated heterocycles. The normalized spacial score (nSPS) is 10.1. The molecule has 8 nitrogen and oxygen atoms in total. The second-order valence-corrected chi connectivity index (χ2v) is 5.75. The maximum absolute atomic E-state index is 12.1. The molecule has 8 heteroatoms. The van der Waals surface area contributed by atoms with E-state index in [1.165, 1.54) is 0 Å². The highest BCUT2D eigenvalue weighted by Gasteiger charge is 2.10. The molecule has 3 amide bonds. The maximum Gasteiger partial charge on any atom is 0.269 e. The van der Waals surface area contributed by atoms with Crippen LogP contribution in [0, 0.1) is 0 Å². The number of benzene rings is 2. The predicted octanol–water partition coefficient (Wildman–Crippen LogP) is 2.14. The Kier molecular flexibility index (Phi) is 7.98. The third-order valence-electron chi connectivity index (χ3n) is 3.71. The van der Waals surface area contributed by atoms with E-state index in [4.69, 9.17) is 9.47 Å². The first kappa shape index (κ1) is 20.9. The summed E-state index contributed by atoms with van der Waals surface area (Å²) in [4.78, 5) is 35.6. The number of hydrogen-bond acceptors (Lipinski definition) is 5. The summed E-state index contributed by atoms with van der Waals surface area (Å²) in [5.41, 5.74) is 6.02. The first-order chi connectivity index (χ1) is 13.5. The number of carbonyl (C=O) groups is 3. The number of anilines is 1. The third kappa shape index (κ3) is 6.40. The number of hydrogen-bond donors (Lipinski definition) is 3. The van der Waals surface area contributed by atoms with Crippen LogP contribution >= 0.6 is 0 Å². The monoisotopic (exact) mass is 385 g/mol. The number of amides is 3. The Bertz CT molecular complexity index is 804. The largest absolute Gasteiger partial charge is 0.491 e. The topological polar surface area (TPSA) is 106 Å². The van der Waals surface area contributed by atoms with Gasteiger partial charge in [0.05, 0.1) is 6.61 Å². The average molecular weight is 385 g/mol. The van der Waals surface area contributed by atoms with Gasteiger partial charge in [-0.25, -0.2) is 0 Å². The molecule has 0 fully saturated rings. The van der Waals surface area contributed by atoms with Crippen molar-refractivity contribution in [2.45, 2.75) is 13.3 Å². The number of methoxy groups -OCH3 is 1. The molecule has 0 aliphatic heterocycles. The van der Waals surface area contributed by atoms with Crippen molar-refractivity contribution in [1.29, 1.82) is 0 Å². The molecule has 0 heterocycles. The SMILES string of the molecule is CCC(=O)Nc1ccc(C(=O)NNC(=O)c2ccc(OCCOC)cc2)cc1. The minimum Gasteiger partial charge on any atom is -0.491 e. The van der Waals surface area contributed by atoms with Crippen LogP contribution < -0.4 is 20.9 Å². The van der Waals surface area contributed by atoms with Crippen LogP contribution in [0.3, 0.4) is 0 Å². The Labute approximate surface area is 163 Å². The van der Waals surface area contributed by atoms with Gasteiger partial charge in [0.15, 0.2) is 0 Å². The number of carbonyl (C=O) groups excluding carboxylic acids is 3. The van der Waals surface area contributed by atoms with Crippen LogP contribution in [0.25, 0.3) is 0 Å². The summed E-state index contributed by atoms with van der Waals surface area (Å²) < 4.78 is 10.3. The van der Waals surface area contributed by atoms with Crippen molar-refractivity contribution in [2.24, 2.45) is 0 Å². The van der Waals surface area contributed by atoms with Crippen LogP contribution in [-0.2, 0) is 9.53 Å². The molecule has 0 unspecified atom stereocenters. The number of nitrogens with one attached hydrogen (secondary N) is 3. The summed E-state index contributed by atoms with van der Waals surface area (Å²) in [5, 5.41) is 2.69. The maximum atomic E-state index is 12.1. The molecule has 0 bridgehead atoms. The molecule has 2 aromatic carbocycles. The highest BCUT2D eigenvalue weighted by Crippen LogP contribution is 2.12. The van der Waals surface area contributed by atoms with Gasteiger partial charge in [-0.1, -0.05) is 6.92 Å². The molecule has 28 heavy (non-hydrogen) atoms. The predicted molar refractivity (Wildman–Crippen MR) is 104 cm³/mol. The van der Waals surface area contributed by atoms with Gasteiger partial charge < -0.3 is 14.8 Å². The molecule has 0 saturated carbocycles. The van der Waals surface area contributed by atoms with Crippen molar-refractivity contribution in [3.63, 3.8) is 0 Å². The number of ether oxygens (including phenoxy) is 2.